The lowest BCUT2D eigenvalue weighted by molar-refractivity contribution is 0.0720. The molecule has 0 fully saturated rings. The average molecular weight is 773 g/mol. The van der Waals surface area contributed by atoms with Gasteiger partial charge < -0.3 is 14.2 Å². The van der Waals surface area contributed by atoms with Gasteiger partial charge in [-0.3, -0.25) is 24.3 Å². The Hall–Kier alpha value is -4.83. The third-order valence-corrected chi connectivity index (χ3v) is 7.15. The van der Waals surface area contributed by atoms with Gasteiger partial charge in [-0.15, -0.1) is 5.10 Å². The minimum absolute atomic E-state index is 0.0526. The maximum Gasteiger partial charge on any atom is 0.350 e. The first kappa shape index (κ1) is 40.3. The summed E-state index contributed by atoms with van der Waals surface area (Å²) in [5.74, 6) is -0.672. The normalized spacial score (nSPS) is 9.82. The third-order valence-electron chi connectivity index (χ3n) is 5.74. The fourth-order valence-electron chi connectivity index (χ4n) is 3.58. The Balaban J connectivity index is 0.000000281. The highest BCUT2D eigenvalue weighted by Gasteiger charge is 2.22. The second kappa shape index (κ2) is 19.9. The largest absolute Gasteiger partial charge is 0.494 e. The zero-order chi connectivity index (χ0) is 36.7. The van der Waals surface area contributed by atoms with Gasteiger partial charge in [0.2, 0.25) is 5.88 Å². The number of esters is 1. The van der Waals surface area contributed by atoms with Crippen LogP contribution in [0.25, 0.3) is 0 Å². The molecule has 0 amide bonds. The molecular formula is C30H23Cl5N6O8. The van der Waals surface area contributed by atoms with E-state index in [1.807, 2.05) is 12.1 Å². The molecule has 49 heavy (non-hydrogen) atoms. The third kappa shape index (κ3) is 11.7. The molecule has 2 aromatic heterocycles. The minimum Gasteiger partial charge on any atom is -0.494 e. The molecule has 0 saturated carbocycles. The number of ether oxygens (including phenoxy) is 3. The standard InChI is InChI=1S/C15H11Cl2N3O4.C8H5Cl3O2.C7H7N3O2/c1-23-14-10(17)4-3-9(16)13(14)15(22)24-11-5-6-12(21)20(19-11)8-2-7-18;1-13-7-5(10)3-2-4(9)6(7)8(11)12;8-4-1-5-10-7(12)3-2-6(11)9-10/h3-6H,2,8H2,1H3;2-3H,1H3;2-3H,1,5H2,(H,9,11). The number of benzene rings is 2. The van der Waals surface area contributed by atoms with Crippen LogP contribution < -0.4 is 30.9 Å². The molecule has 19 heteroatoms. The first-order valence-electron chi connectivity index (χ1n) is 13.4. The average Bonchev–Trinajstić information content (AvgIpc) is 3.07. The molecule has 0 saturated heterocycles. The van der Waals surface area contributed by atoms with E-state index in [9.17, 15) is 24.0 Å². The van der Waals surface area contributed by atoms with Crippen LogP contribution in [-0.2, 0) is 13.1 Å². The quantitative estimate of drug-likeness (QED) is 0.166. The van der Waals surface area contributed by atoms with E-state index in [2.05, 4.69) is 10.2 Å². The van der Waals surface area contributed by atoms with Crippen LogP contribution in [0.1, 0.15) is 33.6 Å². The van der Waals surface area contributed by atoms with E-state index in [0.29, 0.717) is 5.02 Å². The Kier molecular flexibility index (Phi) is 16.4. The second-order valence-corrected chi connectivity index (χ2v) is 10.9. The number of aromatic nitrogens is 4. The lowest BCUT2D eigenvalue weighted by Gasteiger charge is -2.11. The predicted molar refractivity (Wildman–Crippen MR) is 181 cm³/mol. The summed E-state index contributed by atoms with van der Waals surface area (Å²) in [6.07, 6.45) is 0.304. The van der Waals surface area contributed by atoms with Crippen molar-refractivity contribution in [2.24, 2.45) is 0 Å². The highest BCUT2D eigenvalue weighted by molar-refractivity contribution is 6.69. The van der Waals surface area contributed by atoms with Crippen molar-refractivity contribution in [1.29, 1.82) is 10.5 Å². The molecule has 256 valence electrons. The maximum atomic E-state index is 12.4. The second-order valence-electron chi connectivity index (χ2n) is 8.89. The molecular weight excluding hydrogens is 750 g/mol. The van der Waals surface area contributed by atoms with Crippen molar-refractivity contribution in [2.75, 3.05) is 14.2 Å². The number of carbonyl (C=O) groups excluding carboxylic acids is 2. The van der Waals surface area contributed by atoms with E-state index in [1.165, 1.54) is 56.7 Å². The van der Waals surface area contributed by atoms with Gasteiger partial charge in [-0.05, 0) is 35.9 Å². The smallest absolute Gasteiger partial charge is 0.350 e. The molecule has 2 aromatic carbocycles. The van der Waals surface area contributed by atoms with Crippen LogP contribution in [0.5, 0.6) is 17.4 Å². The van der Waals surface area contributed by atoms with Crippen molar-refractivity contribution >= 4 is 69.2 Å². The van der Waals surface area contributed by atoms with Crippen LogP contribution in [0.3, 0.4) is 0 Å². The predicted octanol–water partition coefficient (Wildman–Crippen LogP) is 5.52. The van der Waals surface area contributed by atoms with Gasteiger partial charge in [0, 0.05) is 24.3 Å². The number of H-pyrrole nitrogens is 1. The first-order chi connectivity index (χ1) is 23.3. The van der Waals surface area contributed by atoms with E-state index in [1.54, 1.807) is 0 Å². The lowest BCUT2D eigenvalue weighted by Crippen LogP contribution is -2.27. The number of aryl methyl sites for hydroxylation is 2. The van der Waals surface area contributed by atoms with Crippen molar-refractivity contribution in [3.05, 3.63) is 111 Å². The SMILES string of the molecule is COc1c(Cl)ccc(Cl)c1C(=O)Cl.COc1c(Cl)ccc(Cl)c1C(=O)Oc1ccc(=O)n(CCC#N)n1.N#CCCn1[nH]c(=O)ccc1=O. The number of hydrogen-bond donors (Lipinski definition) is 1. The summed E-state index contributed by atoms with van der Waals surface area (Å²) in [7, 11) is 2.73. The van der Waals surface area contributed by atoms with Gasteiger partial charge >= 0.3 is 5.97 Å². The summed E-state index contributed by atoms with van der Waals surface area (Å²) in [6, 6.07) is 14.5. The maximum absolute atomic E-state index is 12.4. The van der Waals surface area contributed by atoms with Crippen LogP contribution >= 0.6 is 58.0 Å². The van der Waals surface area contributed by atoms with Gasteiger partial charge in [0.25, 0.3) is 21.9 Å². The molecule has 2 heterocycles. The summed E-state index contributed by atoms with van der Waals surface area (Å²) >= 11 is 28.8. The van der Waals surface area contributed by atoms with E-state index < -0.39 is 16.8 Å². The zero-order valence-electron chi connectivity index (χ0n) is 25.3. The van der Waals surface area contributed by atoms with Crippen molar-refractivity contribution in [3.8, 4) is 29.5 Å². The van der Waals surface area contributed by atoms with Crippen LogP contribution in [0.15, 0.2) is 62.9 Å². The molecule has 0 spiro atoms. The number of nitrogens with zero attached hydrogens (tertiary/aromatic N) is 5. The van der Waals surface area contributed by atoms with Gasteiger partial charge in [-0.1, -0.05) is 46.4 Å². The number of halogens is 5. The lowest BCUT2D eigenvalue weighted by atomic mass is 10.2. The number of nitrogens with one attached hydrogen (secondary N) is 1. The molecule has 0 radical (unpaired) electrons. The van der Waals surface area contributed by atoms with Crippen LogP contribution in [0.2, 0.25) is 20.1 Å². The summed E-state index contributed by atoms with van der Waals surface area (Å²) in [4.78, 5) is 56.6. The van der Waals surface area contributed by atoms with Crippen molar-refractivity contribution < 1.29 is 23.8 Å². The number of nitriles is 2. The summed E-state index contributed by atoms with van der Waals surface area (Å²) < 4.78 is 17.3. The Morgan fingerprint density at radius 3 is 1.80 bits per heavy atom. The number of carbonyl (C=O) groups is 2. The van der Waals surface area contributed by atoms with E-state index in [0.717, 1.165) is 15.4 Å². The molecule has 4 rings (SSSR count). The fourth-order valence-corrected chi connectivity index (χ4v) is 4.74. The van der Waals surface area contributed by atoms with E-state index >= 15 is 0 Å². The number of rotatable bonds is 9. The molecule has 0 aliphatic carbocycles. The molecule has 4 aromatic rings. The molecule has 0 aliphatic heterocycles. The summed E-state index contributed by atoms with van der Waals surface area (Å²) in [6.45, 7) is 0.313. The monoisotopic (exact) mass is 770 g/mol. The van der Waals surface area contributed by atoms with Crippen LogP contribution in [-0.4, -0.2) is 45.0 Å². The Morgan fingerprint density at radius 2 is 1.27 bits per heavy atom. The Labute approximate surface area is 302 Å². The molecule has 0 atom stereocenters. The van der Waals surface area contributed by atoms with E-state index in [-0.39, 0.29) is 80.6 Å². The summed E-state index contributed by atoms with van der Waals surface area (Å²) in [5, 5.41) is 23.1. The Bertz CT molecular complexity index is 2090. The van der Waals surface area contributed by atoms with Crippen LogP contribution in [0, 0.1) is 22.7 Å². The topological polar surface area (TPSA) is 199 Å². The van der Waals surface area contributed by atoms with E-state index in [4.69, 9.17) is 82.7 Å². The Morgan fingerprint density at radius 1 is 0.755 bits per heavy atom. The van der Waals surface area contributed by atoms with Gasteiger partial charge in [-0.25, -0.2) is 14.2 Å². The molecule has 0 unspecified atom stereocenters. The fraction of sp³-hybridized carbons (Fsp3) is 0.200. The van der Waals surface area contributed by atoms with Gasteiger partial charge in [0.05, 0.1) is 77.9 Å². The number of methoxy groups -OCH3 is 2. The number of hydrogen-bond acceptors (Lipinski definition) is 11. The minimum atomic E-state index is -0.836. The highest BCUT2D eigenvalue weighted by atomic mass is 35.5. The van der Waals surface area contributed by atoms with Crippen LogP contribution in [0.4, 0.5) is 0 Å². The van der Waals surface area contributed by atoms with Crippen molar-refractivity contribution in [2.45, 2.75) is 25.9 Å². The summed E-state index contributed by atoms with van der Waals surface area (Å²) in [5.41, 5.74) is -1.01. The van der Waals surface area contributed by atoms with Gasteiger partial charge in [0.1, 0.15) is 5.56 Å². The molecule has 14 nitrogen and oxygen atoms in total. The van der Waals surface area contributed by atoms with Crippen molar-refractivity contribution in [1.82, 2.24) is 19.6 Å². The zero-order valence-corrected chi connectivity index (χ0v) is 29.1. The van der Waals surface area contributed by atoms with Crippen molar-refractivity contribution in [3.63, 3.8) is 0 Å². The van der Waals surface area contributed by atoms with Gasteiger partial charge in [0.15, 0.2) is 11.5 Å². The molecule has 1 N–H and O–H groups in total. The molecule has 0 aliphatic rings. The first-order valence-corrected chi connectivity index (χ1v) is 15.3. The van der Waals surface area contributed by atoms with Gasteiger partial charge in [-0.2, -0.15) is 10.5 Å². The number of aromatic amines is 1. The highest BCUT2D eigenvalue weighted by Crippen LogP contribution is 2.35. The molecule has 0 bridgehead atoms.